The number of halogens is 1. The summed E-state index contributed by atoms with van der Waals surface area (Å²) in [6, 6.07) is 12.6. The number of rotatable bonds is 5. The zero-order chi connectivity index (χ0) is 22.9. The smallest absolute Gasteiger partial charge is 0.324 e. The zero-order valence-corrected chi connectivity index (χ0v) is 18.0. The summed E-state index contributed by atoms with van der Waals surface area (Å²) in [5.41, 5.74) is 1.39. The van der Waals surface area contributed by atoms with Gasteiger partial charge in [0, 0.05) is 17.5 Å². The summed E-state index contributed by atoms with van der Waals surface area (Å²) < 4.78 is 24.1. The van der Waals surface area contributed by atoms with Crippen LogP contribution < -0.4 is 10.1 Å². The molecule has 3 atom stereocenters. The van der Waals surface area contributed by atoms with Crippen molar-refractivity contribution < 1.29 is 23.2 Å². The van der Waals surface area contributed by atoms with E-state index in [0.717, 1.165) is 5.56 Å². The number of hydrogen-bond donors (Lipinski definition) is 1. The summed E-state index contributed by atoms with van der Waals surface area (Å²) in [4.78, 5) is 31.6. The first-order chi connectivity index (χ1) is 16.0. The molecule has 3 aromatic rings. The van der Waals surface area contributed by atoms with Crippen LogP contribution in [0.2, 0.25) is 0 Å². The van der Waals surface area contributed by atoms with Gasteiger partial charge < -0.3 is 14.6 Å². The van der Waals surface area contributed by atoms with Gasteiger partial charge in [-0.05, 0) is 49.1 Å². The Labute approximate surface area is 189 Å². The van der Waals surface area contributed by atoms with Gasteiger partial charge in [0.05, 0.1) is 19.6 Å². The van der Waals surface area contributed by atoms with Gasteiger partial charge in [0.15, 0.2) is 0 Å². The Hall–Kier alpha value is -3.75. The van der Waals surface area contributed by atoms with Gasteiger partial charge in [0.2, 0.25) is 17.6 Å². The lowest BCUT2D eigenvalue weighted by Gasteiger charge is -2.41. The maximum Gasteiger partial charge on any atom is 0.324 e. The van der Waals surface area contributed by atoms with Crippen LogP contribution in [-0.2, 0) is 11.3 Å². The number of methoxy groups -OCH3 is 1. The second kappa shape index (κ2) is 8.65. The van der Waals surface area contributed by atoms with Crippen LogP contribution in [0.1, 0.15) is 36.6 Å². The molecule has 3 unspecified atom stereocenters. The number of urea groups is 1. The van der Waals surface area contributed by atoms with Crippen molar-refractivity contribution in [2.75, 3.05) is 7.11 Å². The normalized spacial score (nSPS) is 22.6. The van der Waals surface area contributed by atoms with Crippen LogP contribution in [0.15, 0.2) is 53.1 Å². The molecular weight excluding hydrogens is 427 g/mol. The first-order valence-electron chi connectivity index (χ1n) is 10.9. The van der Waals surface area contributed by atoms with Crippen molar-refractivity contribution in [1.29, 1.82) is 0 Å². The molecule has 5 rings (SSSR count). The molecule has 1 saturated carbocycles. The minimum atomic E-state index is -0.399. The van der Waals surface area contributed by atoms with Crippen LogP contribution >= 0.6 is 0 Å². The summed E-state index contributed by atoms with van der Waals surface area (Å²) in [6.07, 6.45) is 1.82. The topological polar surface area (TPSA) is 97.6 Å². The van der Waals surface area contributed by atoms with Gasteiger partial charge in [-0.15, -0.1) is 0 Å². The maximum atomic E-state index is 13.5. The van der Waals surface area contributed by atoms with Crippen LogP contribution in [0.5, 0.6) is 5.75 Å². The predicted octanol–water partition coefficient (Wildman–Crippen LogP) is 3.89. The number of benzene rings is 2. The van der Waals surface area contributed by atoms with E-state index < -0.39 is 6.03 Å². The van der Waals surface area contributed by atoms with E-state index in [-0.39, 0.29) is 36.1 Å². The summed E-state index contributed by atoms with van der Waals surface area (Å²) in [5, 5.41) is 6.97. The number of nitrogens with one attached hydrogen (secondary N) is 1. The maximum absolute atomic E-state index is 13.5. The highest BCUT2D eigenvalue weighted by Crippen LogP contribution is 2.38. The molecule has 1 aliphatic carbocycles. The number of carbonyl (C=O) groups excluding carboxylic acids is 2. The summed E-state index contributed by atoms with van der Waals surface area (Å²) in [7, 11) is 1.59. The fraction of sp³-hybridized carbons (Fsp3) is 0.333. The number of ether oxygens (including phenoxy) is 1. The van der Waals surface area contributed by atoms with Crippen molar-refractivity contribution in [3.63, 3.8) is 0 Å². The third-order valence-electron chi connectivity index (χ3n) is 6.36. The number of fused-ring (bicyclic) bond motifs is 1. The van der Waals surface area contributed by atoms with E-state index in [2.05, 4.69) is 15.5 Å². The van der Waals surface area contributed by atoms with Crippen molar-refractivity contribution in [3.05, 3.63) is 65.8 Å². The molecule has 2 aliphatic rings. The molecule has 0 radical (unpaired) electrons. The lowest BCUT2D eigenvalue weighted by molar-refractivity contribution is -0.137. The van der Waals surface area contributed by atoms with E-state index in [1.54, 1.807) is 31.4 Å². The number of amides is 3. The van der Waals surface area contributed by atoms with Crippen LogP contribution in [0, 0.1) is 11.7 Å². The molecule has 3 amide bonds. The zero-order valence-electron chi connectivity index (χ0n) is 18.0. The van der Waals surface area contributed by atoms with Gasteiger partial charge in [0.25, 0.3) is 0 Å². The van der Waals surface area contributed by atoms with Crippen LogP contribution in [0.25, 0.3) is 11.4 Å². The Balaban J connectivity index is 1.27. The van der Waals surface area contributed by atoms with Crippen molar-refractivity contribution in [2.45, 2.75) is 37.8 Å². The molecule has 9 heteroatoms. The van der Waals surface area contributed by atoms with E-state index in [4.69, 9.17) is 9.26 Å². The third kappa shape index (κ3) is 4.18. The SMILES string of the molecule is COc1ccc(CN2C(=O)NC3CC(c4nc(-c5cccc(F)c5)no4)CCC3C2=O)cc1. The monoisotopic (exact) mass is 450 g/mol. The average molecular weight is 450 g/mol. The van der Waals surface area contributed by atoms with Crippen molar-refractivity contribution in [2.24, 2.45) is 5.92 Å². The standard InChI is InChI=1S/C24H23FN4O4/c1-32-18-8-5-14(6-9-18)13-29-23(30)19-10-7-16(12-20(19)26-24(29)31)22-27-21(28-33-22)15-3-2-4-17(25)11-15/h2-6,8-9,11,16,19-20H,7,10,12-13H2,1H3,(H,26,31). The molecule has 33 heavy (non-hydrogen) atoms. The quantitative estimate of drug-likeness (QED) is 0.633. The molecular formula is C24H23FN4O4. The lowest BCUT2D eigenvalue weighted by Crippen LogP contribution is -2.60. The number of imide groups is 1. The molecule has 1 saturated heterocycles. The first kappa shape index (κ1) is 21.1. The number of hydrogen-bond acceptors (Lipinski definition) is 6. The molecule has 2 fully saturated rings. The Morgan fingerprint density at radius 2 is 2.00 bits per heavy atom. The fourth-order valence-corrected chi connectivity index (χ4v) is 4.60. The van der Waals surface area contributed by atoms with E-state index in [9.17, 15) is 14.0 Å². The van der Waals surface area contributed by atoms with Gasteiger partial charge >= 0.3 is 6.03 Å². The van der Waals surface area contributed by atoms with Crippen LogP contribution in [0.4, 0.5) is 9.18 Å². The summed E-state index contributed by atoms with van der Waals surface area (Å²) in [5.74, 6) is 0.570. The van der Waals surface area contributed by atoms with E-state index in [1.807, 2.05) is 12.1 Å². The molecule has 0 spiro atoms. The average Bonchev–Trinajstić information content (AvgIpc) is 3.32. The van der Waals surface area contributed by atoms with Gasteiger partial charge in [0.1, 0.15) is 11.6 Å². The number of carbonyl (C=O) groups is 2. The van der Waals surface area contributed by atoms with Gasteiger partial charge in [-0.1, -0.05) is 29.4 Å². The van der Waals surface area contributed by atoms with Crippen molar-refractivity contribution in [1.82, 2.24) is 20.4 Å². The van der Waals surface area contributed by atoms with Gasteiger partial charge in [-0.2, -0.15) is 4.98 Å². The minimum absolute atomic E-state index is 0.0812. The van der Waals surface area contributed by atoms with Crippen LogP contribution in [0.3, 0.4) is 0 Å². The van der Waals surface area contributed by atoms with Crippen LogP contribution in [-0.4, -0.2) is 40.1 Å². The lowest BCUT2D eigenvalue weighted by atomic mass is 9.76. The molecule has 170 valence electrons. The highest BCUT2D eigenvalue weighted by atomic mass is 19.1. The highest BCUT2D eigenvalue weighted by Gasteiger charge is 2.45. The summed E-state index contributed by atoms with van der Waals surface area (Å²) in [6.45, 7) is 0.210. The summed E-state index contributed by atoms with van der Waals surface area (Å²) >= 11 is 0. The Morgan fingerprint density at radius 1 is 1.18 bits per heavy atom. The van der Waals surface area contributed by atoms with Crippen molar-refractivity contribution >= 4 is 11.9 Å². The second-order valence-electron chi connectivity index (χ2n) is 8.41. The Kier molecular flexibility index (Phi) is 5.53. The van der Waals surface area contributed by atoms with Crippen molar-refractivity contribution in [3.8, 4) is 17.1 Å². The van der Waals surface area contributed by atoms with Gasteiger partial charge in [-0.3, -0.25) is 9.69 Å². The Bertz CT molecular complexity index is 1180. The molecule has 0 bridgehead atoms. The van der Waals surface area contributed by atoms with E-state index >= 15 is 0 Å². The highest BCUT2D eigenvalue weighted by molar-refractivity contribution is 5.98. The van der Waals surface area contributed by atoms with E-state index in [0.29, 0.717) is 42.3 Å². The predicted molar refractivity (Wildman–Crippen MR) is 116 cm³/mol. The molecule has 2 heterocycles. The first-order valence-corrected chi connectivity index (χ1v) is 10.9. The fourth-order valence-electron chi connectivity index (χ4n) is 4.60. The molecule has 2 aromatic carbocycles. The number of nitrogens with zero attached hydrogens (tertiary/aromatic N) is 3. The minimum Gasteiger partial charge on any atom is -0.497 e. The van der Waals surface area contributed by atoms with Gasteiger partial charge in [-0.25, -0.2) is 9.18 Å². The molecule has 1 N–H and O–H groups in total. The van der Waals surface area contributed by atoms with E-state index in [1.165, 1.54) is 17.0 Å². The molecule has 8 nitrogen and oxygen atoms in total. The third-order valence-corrected chi connectivity index (χ3v) is 6.36. The molecule has 1 aromatic heterocycles. The second-order valence-corrected chi connectivity index (χ2v) is 8.41. The number of aromatic nitrogens is 2. The molecule has 1 aliphatic heterocycles. The largest absolute Gasteiger partial charge is 0.497 e. The Morgan fingerprint density at radius 3 is 2.76 bits per heavy atom.